The van der Waals surface area contributed by atoms with Crippen LogP contribution in [0.15, 0.2) is 30.3 Å². The Morgan fingerprint density at radius 1 is 1.26 bits per heavy atom. The zero-order valence-electron chi connectivity index (χ0n) is 12.3. The Balaban J connectivity index is 2.35. The van der Waals surface area contributed by atoms with Crippen molar-refractivity contribution in [3.05, 3.63) is 41.5 Å². The molecular formula is C17H25NO. The molecule has 1 N–H and O–H groups in total. The Labute approximate surface area is 116 Å². The van der Waals surface area contributed by atoms with E-state index < -0.39 is 0 Å². The minimum Gasteiger partial charge on any atom is -0.350 e. The van der Waals surface area contributed by atoms with E-state index in [9.17, 15) is 4.79 Å². The minimum absolute atomic E-state index is 0.00965. The van der Waals surface area contributed by atoms with Crippen LogP contribution < -0.4 is 5.32 Å². The van der Waals surface area contributed by atoms with Gasteiger partial charge in [-0.1, -0.05) is 56.0 Å². The number of carbonyl (C=O) groups is 1. The molecular weight excluding hydrogens is 234 g/mol. The molecule has 1 atom stereocenters. The first kappa shape index (κ1) is 15.5. The number of aryl methyl sites for hydroxylation is 1. The summed E-state index contributed by atoms with van der Waals surface area (Å²) < 4.78 is 0. The Morgan fingerprint density at radius 2 is 1.95 bits per heavy atom. The van der Waals surface area contributed by atoms with Crippen LogP contribution in [0.2, 0.25) is 0 Å². The van der Waals surface area contributed by atoms with Gasteiger partial charge in [-0.2, -0.15) is 0 Å². The normalized spacial score (nSPS) is 12.6. The van der Waals surface area contributed by atoms with E-state index in [1.165, 1.54) is 24.8 Å². The summed E-state index contributed by atoms with van der Waals surface area (Å²) in [5.74, 6) is -0.00965. The van der Waals surface area contributed by atoms with Crippen LogP contribution in [0.3, 0.4) is 0 Å². The molecule has 0 aromatic heterocycles. The smallest absolute Gasteiger partial charge is 0.244 e. The molecule has 0 radical (unpaired) electrons. The molecule has 0 unspecified atom stereocenters. The van der Waals surface area contributed by atoms with Gasteiger partial charge in [0, 0.05) is 12.1 Å². The lowest BCUT2D eigenvalue weighted by atomic mass is 10.1. The Bertz CT molecular complexity index is 406. The molecule has 0 spiro atoms. The van der Waals surface area contributed by atoms with Crippen molar-refractivity contribution in [2.75, 3.05) is 0 Å². The van der Waals surface area contributed by atoms with Crippen molar-refractivity contribution in [1.82, 2.24) is 5.32 Å². The van der Waals surface area contributed by atoms with Crippen LogP contribution in [-0.2, 0) is 4.79 Å². The van der Waals surface area contributed by atoms with Gasteiger partial charge in [-0.25, -0.2) is 0 Å². The van der Waals surface area contributed by atoms with Gasteiger partial charge in [0.25, 0.3) is 0 Å². The zero-order valence-corrected chi connectivity index (χ0v) is 12.3. The van der Waals surface area contributed by atoms with Crippen molar-refractivity contribution in [2.45, 2.75) is 52.5 Å². The topological polar surface area (TPSA) is 29.1 Å². The minimum atomic E-state index is -0.00965. The van der Waals surface area contributed by atoms with Gasteiger partial charge in [-0.15, -0.1) is 0 Å². The average molecular weight is 259 g/mol. The van der Waals surface area contributed by atoms with Crippen molar-refractivity contribution in [3.63, 3.8) is 0 Å². The van der Waals surface area contributed by atoms with E-state index in [1.54, 1.807) is 6.08 Å². The van der Waals surface area contributed by atoms with E-state index in [-0.39, 0.29) is 11.9 Å². The van der Waals surface area contributed by atoms with Crippen LogP contribution >= 0.6 is 0 Å². The Morgan fingerprint density at radius 3 is 2.58 bits per heavy atom. The van der Waals surface area contributed by atoms with Crippen LogP contribution in [0, 0.1) is 6.92 Å². The van der Waals surface area contributed by atoms with Gasteiger partial charge in [0.15, 0.2) is 0 Å². The average Bonchev–Trinajstić information content (AvgIpc) is 2.38. The largest absolute Gasteiger partial charge is 0.350 e. The standard InChI is InChI=1S/C17H25NO/c1-4-5-6-7-15(3)18-17(19)13-12-16-10-8-14(2)9-11-16/h8-13,15H,4-7H2,1-3H3,(H,18,19)/b13-12+/t15-/m0/s1. The van der Waals surface area contributed by atoms with Crippen LogP contribution in [0.5, 0.6) is 0 Å². The molecule has 0 aliphatic heterocycles. The fourth-order valence-corrected chi connectivity index (χ4v) is 1.91. The number of carbonyl (C=O) groups excluding carboxylic acids is 1. The highest BCUT2D eigenvalue weighted by Gasteiger charge is 2.03. The SMILES string of the molecule is CCCCC[C@H](C)NC(=O)/C=C/c1ccc(C)cc1. The van der Waals surface area contributed by atoms with E-state index in [1.807, 2.05) is 30.3 Å². The molecule has 0 aliphatic carbocycles. The highest BCUT2D eigenvalue weighted by atomic mass is 16.1. The molecule has 1 aromatic rings. The summed E-state index contributed by atoms with van der Waals surface area (Å²) in [6.45, 7) is 6.30. The Kier molecular flexibility index (Phi) is 6.94. The first-order chi connectivity index (χ1) is 9.11. The molecule has 0 fully saturated rings. The molecule has 0 aliphatic rings. The van der Waals surface area contributed by atoms with Gasteiger partial charge in [-0.05, 0) is 31.9 Å². The second kappa shape index (κ2) is 8.52. The van der Waals surface area contributed by atoms with E-state index in [2.05, 4.69) is 26.1 Å². The molecule has 0 saturated heterocycles. The van der Waals surface area contributed by atoms with Gasteiger partial charge in [-0.3, -0.25) is 4.79 Å². The first-order valence-corrected chi connectivity index (χ1v) is 7.17. The van der Waals surface area contributed by atoms with E-state index in [0.717, 1.165) is 12.0 Å². The van der Waals surface area contributed by atoms with Crippen LogP contribution in [-0.4, -0.2) is 11.9 Å². The first-order valence-electron chi connectivity index (χ1n) is 7.17. The molecule has 2 nitrogen and oxygen atoms in total. The number of amides is 1. The third-order valence-electron chi connectivity index (χ3n) is 3.13. The van der Waals surface area contributed by atoms with Gasteiger partial charge in [0.2, 0.25) is 5.91 Å². The summed E-state index contributed by atoms with van der Waals surface area (Å²) >= 11 is 0. The van der Waals surface area contributed by atoms with Crippen molar-refractivity contribution in [2.24, 2.45) is 0 Å². The molecule has 19 heavy (non-hydrogen) atoms. The molecule has 1 rings (SSSR count). The second-order valence-corrected chi connectivity index (χ2v) is 5.15. The molecule has 0 heterocycles. The fraction of sp³-hybridized carbons (Fsp3) is 0.471. The lowest BCUT2D eigenvalue weighted by Gasteiger charge is -2.11. The van der Waals surface area contributed by atoms with Crippen molar-refractivity contribution in [1.29, 1.82) is 0 Å². The number of rotatable bonds is 7. The van der Waals surface area contributed by atoms with E-state index >= 15 is 0 Å². The van der Waals surface area contributed by atoms with Crippen LogP contribution in [0.4, 0.5) is 0 Å². The predicted octanol–water partition coefficient (Wildman–Crippen LogP) is 4.09. The van der Waals surface area contributed by atoms with Crippen molar-refractivity contribution < 1.29 is 4.79 Å². The quantitative estimate of drug-likeness (QED) is 0.580. The maximum atomic E-state index is 11.7. The maximum absolute atomic E-state index is 11.7. The lowest BCUT2D eigenvalue weighted by molar-refractivity contribution is -0.117. The highest BCUT2D eigenvalue weighted by molar-refractivity contribution is 5.91. The monoisotopic (exact) mass is 259 g/mol. The maximum Gasteiger partial charge on any atom is 0.244 e. The molecule has 1 amide bonds. The molecule has 1 aromatic carbocycles. The van der Waals surface area contributed by atoms with Crippen molar-refractivity contribution in [3.8, 4) is 0 Å². The number of hydrogen-bond acceptors (Lipinski definition) is 1. The van der Waals surface area contributed by atoms with Gasteiger partial charge >= 0.3 is 0 Å². The summed E-state index contributed by atoms with van der Waals surface area (Å²) in [6, 6.07) is 8.38. The zero-order chi connectivity index (χ0) is 14.1. The second-order valence-electron chi connectivity index (χ2n) is 5.15. The molecule has 104 valence electrons. The third-order valence-corrected chi connectivity index (χ3v) is 3.13. The molecule has 2 heteroatoms. The van der Waals surface area contributed by atoms with Gasteiger partial charge < -0.3 is 5.32 Å². The fourth-order valence-electron chi connectivity index (χ4n) is 1.91. The summed E-state index contributed by atoms with van der Waals surface area (Å²) in [7, 11) is 0. The lowest BCUT2D eigenvalue weighted by Crippen LogP contribution is -2.30. The van der Waals surface area contributed by atoms with E-state index in [4.69, 9.17) is 0 Å². The van der Waals surface area contributed by atoms with E-state index in [0.29, 0.717) is 0 Å². The predicted molar refractivity (Wildman–Crippen MR) is 82.0 cm³/mol. The number of nitrogens with one attached hydrogen (secondary N) is 1. The Hall–Kier alpha value is -1.57. The number of hydrogen-bond donors (Lipinski definition) is 1. The van der Waals surface area contributed by atoms with Crippen LogP contribution in [0.1, 0.15) is 50.7 Å². The molecule has 0 saturated carbocycles. The number of benzene rings is 1. The summed E-state index contributed by atoms with van der Waals surface area (Å²) in [4.78, 5) is 11.7. The summed E-state index contributed by atoms with van der Waals surface area (Å²) in [6.07, 6.45) is 8.15. The van der Waals surface area contributed by atoms with Crippen molar-refractivity contribution >= 4 is 12.0 Å². The molecule has 0 bridgehead atoms. The third kappa shape index (κ3) is 6.80. The van der Waals surface area contributed by atoms with Gasteiger partial charge in [0.1, 0.15) is 0 Å². The van der Waals surface area contributed by atoms with Gasteiger partial charge in [0.05, 0.1) is 0 Å². The van der Waals surface area contributed by atoms with Crippen LogP contribution in [0.25, 0.3) is 6.08 Å². The number of unbranched alkanes of at least 4 members (excludes halogenated alkanes) is 2. The summed E-state index contributed by atoms with van der Waals surface area (Å²) in [5, 5.41) is 2.99. The highest BCUT2D eigenvalue weighted by Crippen LogP contribution is 2.05. The summed E-state index contributed by atoms with van der Waals surface area (Å²) in [5.41, 5.74) is 2.28.